The van der Waals surface area contributed by atoms with Gasteiger partial charge in [0.2, 0.25) is 0 Å². The van der Waals surface area contributed by atoms with E-state index in [0.29, 0.717) is 10.7 Å². The number of halogens is 1. The van der Waals surface area contributed by atoms with Crippen molar-refractivity contribution in [2.75, 3.05) is 26.7 Å². The Morgan fingerprint density at radius 2 is 2.10 bits per heavy atom. The zero-order valence-electron chi connectivity index (χ0n) is 13.3. The maximum atomic E-state index is 12.8. The highest BCUT2D eigenvalue weighted by Crippen LogP contribution is 2.20. The van der Waals surface area contributed by atoms with E-state index in [1.165, 1.54) is 0 Å². The van der Waals surface area contributed by atoms with Crippen molar-refractivity contribution in [3.8, 4) is 0 Å². The second-order valence-corrected chi connectivity index (χ2v) is 6.61. The van der Waals surface area contributed by atoms with Crippen LogP contribution in [0.1, 0.15) is 49.2 Å². The number of nitrogens with zero attached hydrogens (tertiary/aromatic N) is 3. The zero-order chi connectivity index (χ0) is 15.6. The average Bonchev–Trinajstić information content (AvgIpc) is 2.57. The molecule has 2 heterocycles. The van der Waals surface area contributed by atoms with Gasteiger partial charge in [0.25, 0.3) is 5.91 Å². The molecule has 1 unspecified atom stereocenters. The monoisotopic (exact) mass is 309 g/mol. The summed E-state index contributed by atoms with van der Waals surface area (Å²) in [4.78, 5) is 21.3. The normalized spacial score (nSPS) is 20.7. The van der Waals surface area contributed by atoms with E-state index < -0.39 is 0 Å². The fourth-order valence-electron chi connectivity index (χ4n) is 2.78. The molecule has 4 nitrogen and oxygen atoms in total. The molecule has 116 valence electrons. The van der Waals surface area contributed by atoms with Crippen LogP contribution in [0.2, 0.25) is 5.15 Å². The highest BCUT2D eigenvalue weighted by atomic mass is 35.5. The lowest BCUT2D eigenvalue weighted by molar-refractivity contribution is 0.0696. The zero-order valence-corrected chi connectivity index (χ0v) is 14.0. The van der Waals surface area contributed by atoms with E-state index in [9.17, 15) is 4.79 Å². The van der Waals surface area contributed by atoms with Crippen molar-refractivity contribution in [1.29, 1.82) is 0 Å². The van der Waals surface area contributed by atoms with Crippen molar-refractivity contribution in [3.63, 3.8) is 0 Å². The molecule has 0 aromatic carbocycles. The van der Waals surface area contributed by atoms with Crippen molar-refractivity contribution < 1.29 is 4.79 Å². The molecule has 0 radical (unpaired) electrons. The number of hydrogen-bond acceptors (Lipinski definition) is 3. The molecule has 21 heavy (non-hydrogen) atoms. The lowest BCUT2D eigenvalue weighted by Crippen LogP contribution is -2.42. The molecule has 1 aromatic heterocycles. The molecule has 1 aliphatic heterocycles. The number of likely N-dealkylation sites (N-methyl/N-ethyl adjacent to an activating group) is 1. The second kappa shape index (κ2) is 6.75. The predicted octanol–water partition coefficient (Wildman–Crippen LogP) is 3.02. The Bertz CT molecular complexity index is 518. The highest BCUT2D eigenvalue weighted by Gasteiger charge is 2.25. The number of pyridine rings is 1. The molecule has 1 amide bonds. The molecule has 1 saturated heterocycles. The largest absolute Gasteiger partial charge is 0.335 e. The standard InChI is InChI=1S/C16H24ClN3O/c1-11(2)14-8-13(9-15(17)18-14)16(21)20-7-5-6-19(4)10-12(20)3/h8-9,11-12H,5-7,10H2,1-4H3. The molecule has 2 rings (SSSR count). The molecule has 1 aliphatic rings. The van der Waals surface area contributed by atoms with Gasteiger partial charge >= 0.3 is 0 Å². The summed E-state index contributed by atoms with van der Waals surface area (Å²) in [5.74, 6) is 0.312. The van der Waals surface area contributed by atoms with Crippen LogP contribution in [0, 0.1) is 0 Å². The first-order chi connectivity index (χ1) is 9.88. The Kier molecular flexibility index (Phi) is 5.22. The van der Waals surface area contributed by atoms with Crippen molar-refractivity contribution in [1.82, 2.24) is 14.8 Å². The van der Waals surface area contributed by atoms with Crippen LogP contribution in [0.25, 0.3) is 0 Å². The number of carbonyl (C=O) groups is 1. The van der Waals surface area contributed by atoms with E-state index in [0.717, 1.165) is 31.7 Å². The van der Waals surface area contributed by atoms with Gasteiger partial charge in [-0.2, -0.15) is 0 Å². The summed E-state index contributed by atoms with van der Waals surface area (Å²) in [5.41, 5.74) is 1.51. The smallest absolute Gasteiger partial charge is 0.254 e. The molecule has 5 heteroatoms. The Labute approximate surface area is 132 Å². The van der Waals surface area contributed by atoms with Gasteiger partial charge in [0.1, 0.15) is 5.15 Å². The van der Waals surface area contributed by atoms with E-state index in [4.69, 9.17) is 11.6 Å². The molecule has 1 fully saturated rings. The fraction of sp³-hybridized carbons (Fsp3) is 0.625. The first-order valence-corrected chi connectivity index (χ1v) is 7.93. The predicted molar refractivity (Wildman–Crippen MR) is 85.9 cm³/mol. The SMILES string of the molecule is CC(C)c1cc(C(=O)N2CCCN(C)CC2C)cc(Cl)n1. The fourth-order valence-corrected chi connectivity index (χ4v) is 2.99. The average molecular weight is 310 g/mol. The lowest BCUT2D eigenvalue weighted by Gasteiger charge is -2.28. The first kappa shape index (κ1) is 16.2. The van der Waals surface area contributed by atoms with E-state index in [1.54, 1.807) is 6.07 Å². The molecule has 1 atom stereocenters. The Hall–Kier alpha value is -1.13. The van der Waals surface area contributed by atoms with Crippen LogP contribution < -0.4 is 0 Å². The maximum absolute atomic E-state index is 12.8. The van der Waals surface area contributed by atoms with E-state index in [-0.39, 0.29) is 17.9 Å². The molecule has 1 aromatic rings. The van der Waals surface area contributed by atoms with Crippen molar-refractivity contribution in [2.45, 2.75) is 39.2 Å². The van der Waals surface area contributed by atoms with Gasteiger partial charge in [0.15, 0.2) is 0 Å². The van der Waals surface area contributed by atoms with Gasteiger partial charge in [-0.15, -0.1) is 0 Å². The number of carbonyl (C=O) groups excluding carboxylic acids is 1. The molecule has 0 bridgehead atoms. The summed E-state index contributed by atoms with van der Waals surface area (Å²) in [6.45, 7) is 8.93. The van der Waals surface area contributed by atoms with Crippen LogP contribution >= 0.6 is 11.6 Å². The first-order valence-electron chi connectivity index (χ1n) is 7.55. The van der Waals surface area contributed by atoms with Gasteiger partial charge in [-0.25, -0.2) is 4.98 Å². The Balaban J connectivity index is 2.26. The van der Waals surface area contributed by atoms with Gasteiger partial charge in [0, 0.05) is 30.4 Å². The second-order valence-electron chi connectivity index (χ2n) is 6.22. The third kappa shape index (κ3) is 3.95. The third-order valence-electron chi connectivity index (χ3n) is 3.96. The van der Waals surface area contributed by atoms with Crippen LogP contribution in [-0.4, -0.2) is 53.4 Å². The van der Waals surface area contributed by atoms with Crippen molar-refractivity contribution in [3.05, 3.63) is 28.5 Å². The molecule has 0 aliphatic carbocycles. The van der Waals surface area contributed by atoms with Gasteiger partial charge in [-0.05, 0) is 45.0 Å². The van der Waals surface area contributed by atoms with Crippen LogP contribution in [0.4, 0.5) is 0 Å². The number of aromatic nitrogens is 1. The van der Waals surface area contributed by atoms with Crippen molar-refractivity contribution in [2.24, 2.45) is 0 Å². The van der Waals surface area contributed by atoms with Gasteiger partial charge in [0.05, 0.1) is 0 Å². The Morgan fingerprint density at radius 3 is 2.76 bits per heavy atom. The molecular formula is C16H24ClN3O. The summed E-state index contributed by atoms with van der Waals surface area (Å²) in [6, 6.07) is 3.76. The minimum absolute atomic E-state index is 0.0593. The van der Waals surface area contributed by atoms with Crippen LogP contribution in [0.15, 0.2) is 12.1 Å². The van der Waals surface area contributed by atoms with E-state index >= 15 is 0 Å². The summed E-state index contributed by atoms with van der Waals surface area (Å²) in [5, 5.41) is 0.393. The molecular weight excluding hydrogens is 286 g/mol. The Morgan fingerprint density at radius 1 is 1.38 bits per heavy atom. The molecule has 0 saturated carbocycles. The minimum atomic E-state index is 0.0593. The number of amides is 1. The summed E-state index contributed by atoms with van der Waals surface area (Å²) in [7, 11) is 2.10. The minimum Gasteiger partial charge on any atom is -0.335 e. The van der Waals surface area contributed by atoms with E-state index in [2.05, 4.69) is 37.7 Å². The molecule has 0 spiro atoms. The van der Waals surface area contributed by atoms with Gasteiger partial charge in [-0.3, -0.25) is 4.79 Å². The van der Waals surface area contributed by atoms with Gasteiger partial charge in [-0.1, -0.05) is 25.4 Å². The third-order valence-corrected chi connectivity index (χ3v) is 4.15. The molecule has 0 N–H and O–H groups in total. The van der Waals surface area contributed by atoms with Crippen molar-refractivity contribution >= 4 is 17.5 Å². The topological polar surface area (TPSA) is 36.4 Å². The van der Waals surface area contributed by atoms with Crippen LogP contribution in [-0.2, 0) is 0 Å². The maximum Gasteiger partial charge on any atom is 0.254 e. The summed E-state index contributed by atoms with van der Waals surface area (Å²) in [6.07, 6.45) is 1.00. The number of hydrogen-bond donors (Lipinski definition) is 0. The van der Waals surface area contributed by atoms with Gasteiger partial charge < -0.3 is 9.80 Å². The lowest BCUT2D eigenvalue weighted by atomic mass is 10.1. The van der Waals surface area contributed by atoms with Crippen LogP contribution in [0.5, 0.6) is 0 Å². The highest BCUT2D eigenvalue weighted by molar-refractivity contribution is 6.29. The van der Waals surface area contributed by atoms with E-state index in [1.807, 2.05) is 11.0 Å². The quantitative estimate of drug-likeness (QED) is 0.788. The summed E-state index contributed by atoms with van der Waals surface area (Å²) < 4.78 is 0. The van der Waals surface area contributed by atoms with Crippen LogP contribution in [0.3, 0.4) is 0 Å². The number of rotatable bonds is 2. The summed E-state index contributed by atoms with van der Waals surface area (Å²) >= 11 is 6.08.